The predicted molar refractivity (Wildman–Crippen MR) is 71.6 cm³/mol. The molecule has 1 heterocycles. The van der Waals surface area contributed by atoms with Crippen molar-refractivity contribution < 1.29 is 10.2 Å². The molecule has 1 aromatic rings. The second kappa shape index (κ2) is 6.16. The zero-order valence-corrected chi connectivity index (χ0v) is 10.9. The number of hydrogen-bond donors (Lipinski definition) is 2. The lowest BCUT2D eigenvalue weighted by Gasteiger charge is -2.38. The van der Waals surface area contributed by atoms with Gasteiger partial charge in [-0.05, 0) is 37.8 Å². The maximum atomic E-state index is 9.71. The SMILES string of the molecule is CC[C@@H](O)c1ccc(N(CCO)C2CCC2)cn1. The van der Waals surface area contributed by atoms with Crippen LogP contribution >= 0.6 is 0 Å². The van der Waals surface area contributed by atoms with Crippen LogP contribution in [0.4, 0.5) is 5.69 Å². The third kappa shape index (κ3) is 2.82. The van der Waals surface area contributed by atoms with Crippen molar-refractivity contribution in [1.29, 1.82) is 0 Å². The van der Waals surface area contributed by atoms with E-state index >= 15 is 0 Å². The summed E-state index contributed by atoms with van der Waals surface area (Å²) in [5, 5.41) is 18.9. The fourth-order valence-electron chi connectivity index (χ4n) is 2.30. The van der Waals surface area contributed by atoms with E-state index in [1.807, 2.05) is 25.3 Å². The minimum absolute atomic E-state index is 0.163. The minimum Gasteiger partial charge on any atom is -0.395 e. The molecule has 0 unspecified atom stereocenters. The van der Waals surface area contributed by atoms with Gasteiger partial charge >= 0.3 is 0 Å². The van der Waals surface area contributed by atoms with Crippen LogP contribution in [0.15, 0.2) is 18.3 Å². The van der Waals surface area contributed by atoms with Gasteiger partial charge in [0.05, 0.1) is 30.3 Å². The number of pyridine rings is 1. The van der Waals surface area contributed by atoms with Crippen LogP contribution < -0.4 is 4.90 Å². The Hall–Kier alpha value is -1.13. The molecule has 1 aromatic heterocycles. The monoisotopic (exact) mass is 250 g/mol. The van der Waals surface area contributed by atoms with E-state index in [4.69, 9.17) is 5.11 Å². The van der Waals surface area contributed by atoms with Gasteiger partial charge < -0.3 is 15.1 Å². The van der Waals surface area contributed by atoms with Crippen molar-refractivity contribution in [3.8, 4) is 0 Å². The molecule has 1 atom stereocenters. The van der Waals surface area contributed by atoms with Crippen molar-refractivity contribution in [2.24, 2.45) is 0 Å². The molecule has 2 rings (SSSR count). The van der Waals surface area contributed by atoms with Gasteiger partial charge in [0, 0.05) is 12.6 Å². The molecule has 1 fully saturated rings. The van der Waals surface area contributed by atoms with Crippen molar-refractivity contribution in [1.82, 2.24) is 4.98 Å². The standard InChI is InChI=1S/C14H22N2O2/c1-2-14(18)13-7-6-12(10-15-13)16(8-9-17)11-4-3-5-11/h6-7,10-11,14,17-18H,2-5,8-9H2,1H3/t14-/m1/s1. The van der Waals surface area contributed by atoms with Gasteiger partial charge in [-0.25, -0.2) is 0 Å². The lowest BCUT2D eigenvalue weighted by molar-refractivity contribution is 0.169. The van der Waals surface area contributed by atoms with E-state index < -0.39 is 6.10 Å². The number of aliphatic hydroxyl groups excluding tert-OH is 2. The van der Waals surface area contributed by atoms with Gasteiger partial charge in [0.1, 0.15) is 0 Å². The average Bonchev–Trinajstić information content (AvgIpc) is 2.35. The quantitative estimate of drug-likeness (QED) is 0.809. The first-order valence-corrected chi connectivity index (χ1v) is 6.77. The number of aliphatic hydroxyl groups is 2. The highest BCUT2D eigenvalue weighted by Gasteiger charge is 2.25. The van der Waals surface area contributed by atoms with E-state index in [-0.39, 0.29) is 6.61 Å². The molecule has 0 aromatic carbocycles. The Labute approximate surface area is 108 Å². The molecule has 1 aliphatic rings. The molecule has 0 radical (unpaired) electrons. The van der Waals surface area contributed by atoms with Crippen molar-refractivity contribution in [2.45, 2.75) is 44.8 Å². The summed E-state index contributed by atoms with van der Waals surface area (Å²) in [5.41, 5.74) is 1.76. The average molecular weight is 250 g/mol. The van der Waals surface area contributed by atoms with E-state index in [9.17, 15) is 5.11 Å². The molecule has 0 bridgehead atoms. The molecule has 1 saturated carbocycles. The second-order valence-corrected chi connectivity index (χ2v) is 4.87. The normalized spacial score (nSPS) is 17.3. The van der Waals surface area contributed by atoms with Crippen LogP contribution in [0.25, 0.3) is 0 Å². The summed E-state index contributed by atoms with van der Waals surface area (Å²) in [6, 6.07) is 4.42. The van der Waals surface area contributed by atoms with Crippen LogP contribution in [0.3, 0.4) is 0 Å². The summed E-state index contributed by atoms with van der Waals surface area (Å²) in [6.07, 6.45) is 5.66. The second-order valence-electron chi connectivity index (χ2n) is 4.87. The first-order chi connectivity index (χ1) is 8.76. The van der Waals surface area contributed by atoms with Crippen LogP contribution in [0.2, 0.25) is 0 Å². The van der Waals surface area contributed by atoms with Gasteiger partial charge in [-0.1, -0.05) is 6.92 Å². The van der Waals surface area contributed by atoms with E-state index in [2.05, 4.69) is 9.88 Å². The number of rotatable bonds is 6. The summed E-state index contributed by atoms with van der Waals surface area (Å²) >= 11 is 0. The smallest absolute Gasteiger partial charge is 0.0957 e. The molecule has 4 heteroatoms. The van der Waals surface area contributed by atoms with Crippen LogP contribution in [-0.2, 0) is 0 Å². The summed E-state index contributed by atoms with van der Waals surface area (Å²) in [7, 11) is 0. The Morgan fingerprint density at radius 3 is 2.67 bits per heavy atom. The first-order valence-electron chi connectivity index (χ1n) is 6.77. The number of hydrogen-bond acceptors (Lipinski definition) is 4. The van der Waals surface area contributed by atoms with Gasteiger partial charge in [0.2, 0.25) is 0 Å². The maximum Gasteiger partial charge on any atom is 0.0957 e. The Kier molecular flexibility index (Phi) is 4.55. The predicted octanol–water partition coefficient (Wildman–Crippen LogP) is 1.88. The number of anilines is 1. The van der Waals surface area contributed by atoms with Crippen molar-refractivity contribution in [3.63, 3.8) is 0 Å². The van der Waals surface area contributed by atoms with Crippen LogP contribution in [0.1, 0.15) is 44.4 Å². The highest BCUT2D eigenvalue weighted by Crippen LogP contribution is 2.29. The molecule has 0 spiro atoms. The molecule has 18 heavy (non-hydrogen) atoms. The lowest BCUT2D eigenvalue weighted by Crippen LogP contribution is -2.42. The van der Waals surface area contributed by atoms with Crippen molar-refractivity contribution >= 4 is 5.69 Å². The molecule has 0 amide bonds. The summed E-state index contributed by atoms with van der Waals surface area (Å²) in [4.78, 5) is 6.54. The highest BCUT2D eigenvalue weighted by molar-refractivity contribution is 5.46. The zero-order chi connectivity index (χ0) is 13.0. The van der Waals surface area contributed by atoms with E-state index in [0.29, 0.717) is 19.0 Å². The molecule has 0 aliphatic heterocycles. The first kappa shape index (κ1) is 13.3. The van der Waals surface area contributed by atoms with Gasteiger partial charge in [-0.2, -0.15) is 0 Å². The molecule has 4 nitrogen and oxygen atoms in total. The van der Waals surface area contributed by atoms with E-state index in [1.165, 1.54) is 19.3 Å². The largest absolute Gasteiger partial charge is 0.395 e. The molecule has 2 N–H and O–H groups in total. The Morgan fingerprint density at radius 2 is 2.22 bits per heavy atom. The molecule has 0 saturated heterocycles. The van der Waals surface area contributed by atoms with Gasteiger partial charge in [0.15, 0.2) is 0 Å². The summed E-state index contributed by atoms with van der Waals surface area (Å²) in [5.74, 6) is 0. The molecular formula is C14H22N2O2. The minimum atomic E-state index is -0.478. The van der Waals surface area contributed by atoms with Gasteiger partial charge in [0.25, 0.3) is 0 Å². The van der Waals surface area contributed by atoms with E-state index in [0.717, 1.165) is 11.4 Å². The summed E-state index contributed by atoms with van der Waals surface area (Å²) in [6.45, 7) is 2.75. The van der Waals surface area contributed by atoms with Gasteiger partial charge in [-0.15, -0.1) is 0 Å². The van der Waals surface area contributed by atoms with E-state index in [1.54, 1.807) is 0 Å². The van der Waals surface area contributed by atoms with Crippen LogP contribution in [-0.4, -0.2) is 34.4 Å². The highest BCUT2D eigenvalue weighted by atomic mass is 16.3. The zero-order valence-electron chi connectivity index (χ0n) is 10.9. The number of aromatic nitrogens is 1. The van der Waals surface area contributed by atoms with Crippen LogP contribution in [0, 0.1) is 0 Å². The summed E-state index contributed by atoms with van der Waals surface area (Å²) < 4.78 is 0. The topological polar surface area (TPSA) is 56.6 Å². The van der Waals surface area contributed by atoms with Crippen molar-refractivity contribution in [3.05, 3.63) is 24.0 Å². The van der Waals surface area contributed by atoms with Gasteiger partial charge in [-0.3, -0.25) is 4.98 Å². The molecular weight excluding hydrogens is 228 g/mol. The fraction of sp³-hybridized carbons (Fsp3) is 0.643. The molecule has 100 valence electrons. The third-order valence-corrected chi connectivity index (χ3v) is 3.69. The Bertz CT molecular complexity index is 363. The third-order valence-electron chi connectivity index (χ3n) is 3.69. The Morgan fingerprint density at radius 1 is 1.44 bits per heavy atom. The lowest BCUT2D eigenvalue weighted by atomic mass is 9.91. The van der Waals surface area contributed by atoms with Crippen molar-refractivity contribution in [2.75, 3.05) is 18.1 Å². The van der Waals surface area contributed by atoms with Crippen LogP contribution in [0.5, 0.6) is 0 Å². The number of nitrogens with zero attached hydrogens (tertiary/aromatic N) is 2. The fourth-order valence-corrected chi connectivity index (χ4v) is 2.30. The Balaban J connectivity index is 2.10. The maximum absolute atomic E-state index is 9.71. The molecule has 1 aliphatic carbocycles.